The van der Waals surface area contributed by atoms with Crippen LogP contribution in [0.5, 0.6) is 5.75 Å². The van der Waals surface area contributed by atoms with Crippen LogP contribution in [0.3, 0.4) is 0 Å². The van der Waals surface area contributed by atoms with Crippen molar-refractivity contribution in [2.75, 3.05) is 18.5 Å². The van der Waals surface area contributed by atoms with Gasteiger partial charge in [0, 0.05) is 24.4 Å². The summed E-state index contributed by atoms with van der Waals surface area (Å²) in [4.78, 5) is 14.4. The van der Waals surface area contributed by atoms with Crippen LogP contribution >= 0.6 is 23.2 Å². The number of aromatic hydroxyl groups is 1. The van der Waals surface area contributed by atoms with Crippen molar-refractivity contribution in [3.8, 4) is 5.75 Å². The molecule has 1 heterocycles. The Labute approximate surface area is 162 Å². The molecule has 1 fully saturated rings. The largest absolute Gasteiger partial charge is 0.508 e. The Hall–Kier alpha value is -1.95. The molecule has 1 atom stereocenters. The summed E-state index contributed by atoms with van der Waals surface area (Å²) in [6.45, 7) is 1.44. The molecule has 2 amide bonds. The standard InChI is InChI=1S/C19H20Cl2N2O3/c20-16-8-7-14(10-17(16)21)22-19(25)23(12-15-5-3-9-26-15)11-13-4-1-2-6-18(13)24/h1-2,4,6-8,10,15,24H,3,5,9,11-12H2,(H,22,25)/t15-/m0/s1. The van der Waals surface area contributed by atoms with E-state index in [4.69, 9.17) is 27.9 Å². The fourth-order valence-electron chi connectivity index (χ4n) is 2.88. The molecule has 1 aliphatic rings. The second kappa shape index (κ2) is 8.62. The van der Waals surface area contributed by atoms with Gasteiger partial charge in [-0.2, -0.15) is 0 Å². The first-order valence-corrected chi connectivity index (χ1v) is 9.18. The third kappa shape index (κ3) is 4.81. The molecule has 1 aliphatic heterocycles. The SMILES string of the molecule is O=C(Nc1ccc(Cl)c(Cl)c1)N(Cc1ccccc1O)C[C@@H]1CCCO1. The predicted molar refractivity (Wildman–Crippen MR) is 103 cm³/mol. The summed E-state index contributed by atoms with van der Waals surface area (Å²) in [5, 5.41) is 13.7. The summed E-state index contributed by atoms with van der Waals surface area (Å²) in [7, 11) is 0. The molecule has 2 aromatic carbocycles. The fraction of sp³-hybridized carbons (Fsp3) is 0.316. The number of carbonyl (C=O) groups excluding carboxylic acids is 1. The van der Waals surface area contributed by atoms with Crippen LogP contribution in [0.1, 0.15) is 18.4 Å². The summed E-state index contributed by atoms with van der Waals surface area (Å²) in [6, 6.07) is 11.6. The van der Waals surface area contributed by atoms with Crippen molar-refractivity contribution in [1.29, 1.82) is 0 Å². The highest BCUT2D eigenvalue weighted by molar-refractivity contribution is 6.42. The molecule has 0 aromatic heterocycles. The van der Waals surface area contributed by atoms with Crippen molar-refractivity contribution < 1.29 is 14.6 Å². The maximum Gasteiger partial charge on any atom is 0.322 e. The first-order chi connectivity index (χ1) is 12.5. The van der Waals surface area contributed by atoms with Crippen LogP contribution in [-0.4, -0.2) is 35.3 Å². The van der Waals surface area contributed by atoms with Gasteiger partial charge in [0.15, 0.2) is 0 Å². The molecule has 0 unspecified atom stereocenters. The molecule has 7 heteroatoms. The number of ether oxygens (including phenoxy) is 1. The van der Waals surface area contributed by atoms with E-state index in [-0.39, 0.29) is 24.4 Å². The number of hydrogen-bond donors (Lipinski definition) is 2. The molecule has 0 spiro atoms. The number of phenolic OH excluding ortho intramolecular Hbond substituents is 1. The lowest BCUT2D eigenvalue weighted by Crippen LogP contribution is -2.39. The molecule has 2 aromatic rings. The molecule has 2 N–H and O–H groups in total. The third-order valence-electron chi connectivity index (χ3n) is 4.26. The number of carbonyl (C=O) groups is 1. The summed E-state index contributed by atoms with van der Waals surface area (Å²) in [5.41, 5.74) is 1.23. The lowest BCUT2D eigenvalue weighted by Gasteiger charge is -2.26. The summed E-state index contributed by atoms with van der Waals surface area (Å²) < 4.78 is 5.66. The van der Waals surface area contributed by atoms with Crippen molar-refractivity contribution in [2.45, 2.75) is 25.5 Å². The smallest absolute Gasteiger partial charge is 0.322 e. The molecule has 26 heavy (non-hydrogen) atoms. The molecule has 5 nitrogen and oxygen atoms in total. The lowest BCUT2D eigenvalue weighted by atomic mass is 10.1. The number of nitrogens with zero attached hydrogens (tertiary/aromatic N) is 1. The van der Waals surface area contributed by atoms with E-state index < -0.39 is 0 Å². The Balaban J connectivity index is 1.75. The van der Waals surface area contributed by atoms with Gasteiger partial charge in [-0.15, -0.1) is 0 Å². The van der Waals surface area contributed by atoms with Crippen LogP contribution in [0, 0.1) is 0 Å². The Morgan fingerprint density at radius 1 is 1.23 bits per heavy atom. The van der Waals surface area contributed by atoms with Crippen LogP contribution in [-0.2, 0) is 11.3 Å². The molecule has 0 radical (unpaired) electrons. The van der Waals surface area contributed by atoms with E-state index in [2.05, 4.69) is 5.32 Å². The molecule has 3 rings (SSSR count). The topological polar surface area (TPSA) is 61.8 Å². The maximum atomic E-state index is 12.8. The second-order valence-electron chi connectivity index (χ2n) is 6.20. The Bertz CT molecular complexity index is 779. The molecular weight excluding hydrogens is 375 g/mol. The van der Waals surface area contributed by atoms with Gasteiger partial charge in [-0.25, -0.2) is 4.79 Å². The van der Waals surface area contributed by atoms with Crippen molar-refractivity contribution in [3.63, 3.8) is 0 Å². The van der Waals surface area contributed by atoms with E-state index in [9.17, 15) is 9.90 Å². The third-order valence-corrected chi connectivity index (χ3v) is 5.00. The van der Waals surface area contributed by atoms with E-state index in [1.807, 2.05) is 6.07 Å². The number of nitrogens with one attached hydrogen (secondary N) is 1. The summed E-state index contributed by atoms with van der Waals surface area (Å²) in [5.74, 6) is 0.159. The first kappa shape index (κ1) is 18.8. The predicted octanol–water partition coefficient (Wildman–Crippen LogP) is 4.91. The van der Waals surface area contributed by atoms with Crippen molar-refractivity contribution in [2.24, 2.45) is 0 Å². The van der Waals surface area contributed by atoms with Gasteiger partial charge >= 0.3 is 6.03 Å². The molecule has 0 saturated carbocycles. The van der Waals surface area contributed by atoms with Crippen molar-refractivity contribution >= 4 is 34.9 Å². The Kier molecular flexibility index (Phi) is 6.25. The van der Waals surface area contributed by atoms with Crippen LogP contribution in [0.15, 0.2) is 42.5 Å². The lowest BCUT2D eigenvalue weighted by molar-refractivity contribution is 0.0817. The monoisotopic (exact) mass is 394 g/mol. The average molecular weight is 395 g/mol. The molecule has 1 saturated heterocycles. The van der Waals surface area contributed by atoms with Crippen LogP contribution in [0.2, 0.25) is 10.0 Å². The quantitative estimate of drug-likeness (QED) is 0.756. The van der Waals surface area contributed by atoms with Gasteiger partial charge < -0.3 is 20.1 Å². The van der Waals surface area contributed by atoms with E-state index in [1.165, 1.54) is 0 Å². The van der Waals surface area contributed by atoms with E-state index in [1.54, 1.807) is 41.3 Å². The van der Waals surface area contributed by atoms with Gasteiger partial charge in [-0.3, -0.25) is 0 Å². The van der Waals surface area contributed by atoms with E-state index in [0.29, 0.717) is 34.4 Å². The highest BCUT2D eigenvalue weighted by Gasteiger charge is 2.23. The highest BCUT2D eigenvalue weighted by atomic mass is 35.5. The van der Waals surface area contributed by atoms with E-state index in [0.717, 1.165) is 12.8 Å². The normalized spacial score (nSPS) is 16.5. The second-order valence-corrected chi connectivity index (χ2v) is 7.02. The number of para-hydroxylation sites is 1. The van der Waals surface area contributed by atoms with Crippen molar-refractivity contribution in [1.82, 2.24) is 4.90 Å². The van der Waals surface area contributed by atoms with Crippen LogP contribution < -0.4 is 5.32 Å². The minimum absolute atomic E-state index is 0.000380. The number of phenols is 1. The number of amides is 2. The first-order valence-electron chi connectivity index (χ1n) is 8.42. The molecule has 138 valence electrons. The molecule has 0 bridgehead atoms. The number of anilines is 1. The Morgan fingerprint density at radius 3 is 2.73 bits per heavy atom. The zero-order chi connectivity index (χ0) is 18.5. The van der Waals surface area contributed by atoms with Gasteiger partial charge in [-0.1, -0.05) is 41.4 Å². The van der Waals surface area contributed by atoms with Gasteiger partial charge in [0.2, 0.25) is 0 Å². The minimum atomic E-state index is -0.290. The minimum Gasteiger partial charge on any atom is -0.508 e. The van der Waals surface area contributed by atoms with Gasteiger partial charge in [0.05, 0.1) is 22.7 Å². The number of rotatable bonds is 5. The highest BCUT2D eigenvalue weighted by Crippen LogP contribution is 2.26. The van der Waals surface area contributed by atoms with Gasteiger partial charge in [-0.05, 0) is 37.1 Å². The number of halogens is 2. The zero-order valence-corrected chi connectivity index (χ0v) is 15.6. The number of hydrogen-bond acceptors (Lipinski definition) is 3. The summed E-state index contributed by atoms with van der Waals surface area (Å²) >= 11 is 11.9. The van der Waals surface area contributed by atoms with Crippen molar-refractivity contribution in [3.05, 3.63) is 58.1 Å². The zero-order valence-electron chi connectivity index (χ0n) is 14.1. The average Bonchev–Trinajstić information content (AvgIpc) is 3.12. The molecule has 0 aliphatic carbocycles. The fourth-order valence-corrected chi connectivity index (χ4v) is 3.18. The van der Waals surface area contributed by atoms with Crippen LogP contribution in [0.25, 0.3) is 0 Å². The van der Waals surface area contributed by atoms with Crippen LogP contribution in [0.4, 0.5) is 10.5 Å². The van der Waals surface area contributed by atoms with E-state index >= 15 is 0 Å². The summed E-state index contributed by atoms with van der Waals surface area (Å²) in [6.07, 6.45) is 1.90. The van der Waals surface area contributed by atoms with Gasteiger partial charge in [0.25, 0.3) is 0 Å². The van der Waals surface area contributed by atoms with Gasteiger partial charge in [0.1, 0.15) is 5.75 Å². The molecular formula is C19H20Cl2N2O3. The number of benzene rings is 2. The number of urea groups is 1. The Morgan fingerprint density at radius 2 is 2.04 bits per heavy atom. The maximum absolute atomic E-state index is 12.8.